The lowest BCUT2D eigenvalue weighted by molar-refractivity contribution is -0.137. The van der Waals surface area contributed by atoms with E-state index < -0.39 is 0 Å². The Kier molecular flexibility index (Phi) is 4.82. The number of likely N-dealkylation sites (N-methyl/N-ethyl adjacent to an activating group) is 1. The molecule has 1 aliphatic heterocycles. The van der Waals surface area contributed by atoms with E-state index in [1.807, 2.05) is 6.92 Å². The summed E-state index contributed by atoms with van der Waals surface area (Å²) in [5.41, 5.74) is 0. The van der Waals surface area contributed by atoms with Crippen molar-refractivity contribution in [3.63, 3.8) is 0 Å². The first-order chi connectivity index (χ1) is 7.13. The van der Waals surface area contributed by atoms with Crippen molar-refractivity contribution in [2.75, 3.05) is 18.0 Å². The quantitative estimate of drug-likeness (QED) is 0.614. The van der Waals surface area contributed by atoms with E-state index in [0.29, 0.717) is 18.8 Å². The molecule has 0 aromatic rings. The number of likely N-dealkylation sites (tertiary alicyclic amines) is 1. The van der Waals surface area contributed by atoms with Crippen molar-refractivity contribution < 1.29 is 9.59 Å². The molecule has 0 bridgehead atoms. The van der Waals surface area contributed by atoms with Gasteiger partial charge in [-0.25, -0.2) is 0 Å². The number of hydrogen-bond acceptors (Lipinski definition) is 2. The molecule has 1 fully saturated rings. The van der Waals surface area contributed by atoms with E-state index in [4.69, 9.17) is 0 Å². The van der Waals surface area contributed by atoms with E-state index in [0.717, 1.165) is 11.0 Å². The Morgan fingerprint density at radius 2 is 2.40 bits per heavy atom. The summed E-state index contributed by atoms with van der Waals surface area (Å²) < 4.78 is 0.976. The van der Waals surface area contributed by atoms with Crippen LogP contribution in [-0.4, -0.2) is 40.8 Å². The number of rotatable bonds is 4. The normalized spacial score (nSPS) is 23.0. The van der Waals surface area contributed by atoms with Crippen LogP contribution in [0.3, 0.4) is 0 Å². The Morgan fingerprint density at radius 3 is 2.80 bits per heavy atom. The number of nitrogens with zero attached hydrogens (tertiary/aromatic N) is 1. The molecule has 1 N–H and O–H groups in total. The number of hydrogen-bond donors (Lipinski definition) is 1. The maximum absolute atomic E-state index is 11.7. The average molecular weight is 324 g/mol. The van der Waals surface area contributed by atoms with Crippen LogP contribution in [0.2, 0.25) is 0 Å². The molecule has 0 aromatic carbocycles. The molecule has 0 aromatic heterocycles. The van der Waals surface area contributed by atoms with E-state index >= 15 is 0 Å². The molecule has 1 aliphatic rings. The molecular weight excluding hydrogens is 307 g/mol. The smallest absolute Gasteiger partial charge is 0.242 e. The average Bonchev–Trinajstić information content (AvgIpc) is 2.61. The van der Waals surface area contributed by atoms with Gasteiger partial charge in [-0.15, -0.1) is 0 Å². The molecule has 0 spiro atoms. The Morgan fingerprint density at radius 1 is 1.73 bits per heavy atom. The summed E-state index contributed by atoms with van der Waals surface area (Å²) in [5, 5.41) is 2.61. The number of carbonyl (C=O) groups excluding carboxylic acids is 2. The zero-order chi connectivity index (χ0) is 11.4. The molecule has 4 nitrogen and oxygen atoms in total. The Balaban J connectivity index is 2.69. The third-order valence-corrected chi connectivity index (χ3v) is 4.01. The minimum Gasteiger partial charge on any atom is -0.357 e. The van der Waals surface area contributed by atoms with Crippen LogP contribution in [0.1, 0.15) is 19.8 Å². The van der Waals surface area contributed by atoms with E-state index in [1.165, 1.54) is 0 Å². The summed E-state index contributed by atoms with van der Waals surface area (Å²) >= 11 is 2.29. The molecule has 0 aliphatic carbocycles. The lowest BCUT2D eigenvalue weighted by atomic mass is 10.1. The van der Waals surface area contributed by atoms with Gasteiger partial charge in [0.15, 0.2) is 0 Å². The molecule has 1 rings (SSSR count). The molecule has 0 saturated carbocycles. The molecule has 5 heteroatoms. The van der Waals surface area contributed by atoms with Crippen molar-refractivity contribution in [1.29, 1.82) is 0 Å². The van der Waals surface area contributed by atoms with Gasteiger partial charge in [0.2, 0.25) is 11.8 Å². The predicted molar refractivity (Wildman–Crippen MR) is 66.9 cm³/mol. The van der Waals surface area contributed by atoms with Crippen LogP contribution in [0.5, 0.6) is 0 Å². The van der Waals surface area contributed by atoms with Crippen molar-refractivity contribution in [3.05, 3.63) is 0 Å². The number of halogens is 1. The molecule has 86 valence electrons. The molecule has 15 heavy (non-hydrogen) atoms. The highest BCUT2D eigenvalue weighted by Crippen LogP contribution is 2.23. The number of alkyl halides is 1. The van der Waals surface area contributed by atoms with Crippen molar-refractivity contribution in [3.8, 4) is 0 Å². The van der Waals surface area contributed by atoms with E-state index in [-0.39, 0.29) is 17.9 Å². The third-order valence-electron chi connectivity index (χ3n) is 2.77. The highest BCUT2D eigenvalue weighted by Gasteiger charge is 2.35. The first kappa shape index (κ1) is 12.7. The zero-order valence-electron chi connectivity index (χ0n) is 9.12. The molecule has 0 unspecified atom stereocenters. The molecule has 1 saturated heterocycles. The number of carbonyl (C=O) groups is 2. The van der Waals surface area contributed by atoms with Gasteiger partial charge in [0.25, 0.3) is 0 Å². The third kappa shape index (κ3) is 2.83. The monoisotopic (exact) mass is 324 g/mol. The lowest BCUT2D eigenvalue weighted by Crippen LogP contribution is -2.46. The van der Waals surface area contributed by atoms with Crippen LogP contribution < -0.4 is 5.32 Å². The summed E-state index contributed by atoms with van der Waals surface area (Å²) in [5.74, 6) is 0.476. The highest BCUT2D eigenvalue weighted by atomic mass is 127. The first-order valence-electron chi connectivity index (χ1n) is 5.21. The maximum atomic E-state index is 11.7. The summed E-state index contributed by atoms with van der Waals surface area (Å²) in [7, 11) is 1.61. The zero-order valence-corrected chi connectivity index (χ0v) is 11.3. The second-order valence-electron chi connectivity index (χ2n) is 3.81. The Bertz CT molecular complexity index is 258. The van der Waals surface area contributed by atoms with Crippen LogP contribution in [-0.2, 0) is 9.59 Å². The fraction of sp³-hybridized carbons (Fsp3) is 0.800. The van der Waals surface area contributed by atoms with E-state index in [2.05, 4.69) is 27.9 Å². The maximum Gasteiger partial charge on any atom is 0.242 e. The summed E-state index contributed by atoms with van der Waals surface area (Å²) in [6.07, 6.45) is 1.27. The van der Waals surface area contributed by atoms with Gasteiger partial charge in [-0.2, -0.15) is 0 Å². The van der Waals surface area contributed by atoms with Gasteiger partial charge in [0.05, 0.1) is 0 Å². The molecule has 2 amide bonds. The minimum atomic E-state index is -0.282. The van der Waals surface area contributed by atoms with Crippen molar-refractivity contribution >= 4 is 34.4 Å². The van der Waals surface area contributed by atoms with E-state index in [1.54, 1.807) is 11.9 Å². The van der Waals surface area contributed by atoms with Gasteiger partial charge in [-0.3, -0.25) is 9.59 Å². The van der Waals surface area contributed by atoms with Gasteiger partial charge in [0.1, 0.15) is 6.04 Å². The van der Waals surface area contributed by atoms with Crippen molar-refractivity contribution in [1.82, 2.24) is 10.2 Å². The van der Waals surface area contributed by atoms with Crippen molar-refractivity contribution in [2.45, 2.75) is 25.8 Å². The molecule has 1 heterocycles. The predicted octanol–water partition coefficient (Wildman–Crippen LogP) is 0.795. The Hall–Kier alpha value is -0.330. The van der Waals surface area contributed by atoms with Gasteiger partial charge in [-0.1, -0.05) is 29.5 Å². The lowest BCUT2D eigenvalue weighted by Gasteiger charge is -2.25. The van der Waals surface area contributed by atoms with Crippen LogP contribution in [0.4, 0.5) is 0 Å². The second-order valence-corrected chi connectivity index (χ2v) is 4.69. The highest BCUT2D eigenvalue weighted by molar-refractivity contribution is 14.1. The number of amides is 2. The fourth-order valence-corrected chi connectivity index (χ4v) is 2.52. The summed E-state index contributed by atoms with van der Waals surface area (Å²) in [6, 6.07) is -0.282. The van der Waals surface area contributed by atoms with Gasteiger partial charge >= 0.3 is 0 Å². The SMILES string of the molecule is CC[C@H](C(=O)NC)N1C[C@H](CI)CC1=O. The van der Waals surface area contributed by atoms with Gasteiger partial charge in [-0.05, 0) is 12.3 Å². The first-order valence-corrected chi connectivity index (χ1v) is 6.73. The molecule has 2 atom stereocenters. The minimum absolute atomic E-state index is 0.0556. The van der Waals surface area contributed by atoms with Crippen LogP contribution in [0.25, 0.3) is 0 Å². The Labute approximate surface area is 104 Å². The number of nitrogens with one attached hydrogen (secondary N) is 1. The standard InChI is InChI=1S/C10H17IN2O2/c1-3-8(10(15)12-2)13-6-7(5-11)4-9(13)14/h7-8H,3-6H2,1-2H3,(H,12,15)/t7-,8+/m0/s1. The topological polar surface area (TPSA) is 49.4 Å². The summed E-state index contributed by atoms with van der Waals surface area (Å²) in [6.45, 7) is 2.66. The largest absolute Gasteiger partial charge is 0.357 e. The van der Waals surface area contributed by atoms with Crippen LogP contribution in [0.15, 0.2) is 0 Å². The fourth-order valence-electron chi connectivity index (χ4n) is 1.93. The summed E-state index contributed by atoms with van der Waals surface area (Å²) in [4.78, 5) is 25.0. The van der Waals surface area contributed by atoms with Gasteiger partial charge < -0.3 is 10.2 Å². The van der Waals surface area contributed by atoms with Gasteiger partial charge in [0, 0.05) is 24.4 Å². The molecule has 0 radical (unpaired) electrons. The molecular formula is C10H17IN2O2. The van der Waals surface area contributed by atoms with Crippen LogP contribution in [0, 0.1) is 5.92 Å². The van der Waals surface area contributed by atoms with Crippen molar-refractivity contribution in [2.24, 2.45) is 5.92 Å². The van der Waals surface area contributed by atoms with E-state index in [9.17, 15) is 9.59 Å². The van der Waals surface area contributed by atoms with Crippen LogP contribution >= 0.6 is 22.6 Å². The second kappa shape index (κ2) is 5.67.